The van der Waals surface area contributed by atoms with Crippen LogP contribution in [0.1, 0.15) is 11.1 Å². The number of rotatable bonds is 6. The second-order valence-corrected chi connectivity index (χ2v) is 5.56. The zero-order valence-electron chi connectivity index (χ0n) is 13.7. The highest BCUT2D eigenvalue weighted by molar-refractivity contribution is 7.80. The Labute approximate surface area is 142 Å². The first-order chi connectivity index (χ1) is 11.1. The summed E-state index contributed by atoms with van der Waals surface area (Å²) in [7, 11) is 3.29. The molecule has 2 aromatic rings. The maximum Gasteiger partial charge on any atom is 0.170 e. The van der Waals surface area contributed by atoms with E-state index < -0.39 is 0 Å². The van der Waals surface area contributed by atoms with Crippen LogP contribution in [0.15, 0.2) is 42.5 Å². The lowest BCUT2D eigenvalue weighted by atomic mass is 10.1. The van der Waals surface area contributed by atoms with Crippen molar-refractivity contribution < 1.29 is 9.47 Å². The molecule has 2 aromatic carbocycles. The van der Waals surface area contributed by atoms with Crippen molar-refractivity contribution >= 4 is 23.0 Å². The van der Waals surface area contributed by atoms with Gasteiger partial charge < -0.3 is 20.1 Å². The summed E-state index contributed by atoms with van der Waals surface area (Å²) in [4.78, 5) is 0. The van der Waals surface area contributed by atoms with Gasteiger partial charge in [-0.25, -0.2) is 0 Å². The molecule has 0 fully saturated rings. The minimum Gasteiger partial charge on any atom is -0.493 e. The number of anilines is 1. The second-order valence-electron chi connectivity index (χ2n) is 5.15. The van der Waals surface area contributed by atoms with E-state index >= 15 is 0 Å². The summed E-state index contributed by atoms with van der Waals surface area (Å²) in [6, 6.07) is 14.0. The van der Waals surface area contributed by atoms with Crippen molar-refractivity contribution in [2.24, 2.45) is 0 Å². The van der Waals surface area contributed by atoms with Gasteiger partial charge in [0, 0.05) is 12.2 Å². The van der Waals surface area contributed by atoms with Gasteiger partial charge in [0.2, 0.25) is 0 Å². The molecule has 0 aliphatic heterocycles. The third-order valence-corrected chi connectivity index (χ3v) is 3.69. The van der Waals surface area contributed by atoms with Crippen molar-refractivity contribution in [2.45, 2.75) is 13.3 Å². The Morgan fingerprint density at radius 3 is 2.57 bits per heavy atom. The maximum atomic E-state index is 5.43. The van der Waals surface area contributed by atoms with Gasteiger partial charge in [0.1, 0.15) is 0 Å². The van der Waals surface area contributed by atoms with Crippen LogP contribution in [0.4, 0.5) is 5.69 Å². The molecule has 23 heavy (non-hydrogen) atoms. The standard InChI is InChI=1S/C18H22N2O2S/c1-13-6-4-8-15(12-13)20-18(23)19-11-10-14-7-5-9-16(21-2)17(14)22-3/h4-9,12H,10-11H2,1-3H3,(H2,19,20,23). The van der Waals surface area contributed by atoms with E-state index in [0.717, 1.165) is 29.2 Å². The van der Waals surface area contributed by atoms with E-state index in [2.05, 4.69) is 29.7 Å². The molecule has 0 amide bonds. The van der Waals surface area contributed by atoms with Crippen LogP contribution in [0, 0.1) is 6.92 Å². The summed E-state index contributed by atoms with van der Waals surface area (Å²) < 4.78 is 10.7. The predicted octanol–water partition coefficient (Wildman–Crippen LogP) is 3.54. The summed E-state index contributed by atoms with van der Waals surface area (Å²) >= 11 is 5.33. The van der Waals surface area contributed by atoms with Crippen LogP contribution in [-0.2, 0) is 6.42 Å². The molecule has 2 rings (SSSR count). The van der Waals surface area contributed by atoms with Gasteiger partial charge in [-0.15, -0.1) is 0 Å². The molecule has 2 N–H and O–H groups in total. The molecule has 0 atom stereocenters. The van der Waals surface area contributed by atoms with Crippen LogP contribution in [0.2, 0.25) is 0 Å². The van der Waals surface area contributed by atoms with Crippen molar-refractivity contribution in [3.05, 3.63) is 53.6 Å². The smallest absolute Gasteiger partial charge is 0.170 e. The van der Waals surface area contributed by atoms with E-state index in [9.17, 15) is 0 Å². The van der Waals surface area contributed by atoms with E-state index in [-0.39, 0.29) is 0 Å². The SMILES string of the molecule is COc1cccc(CCNC(=S)Nc2cccc(C)c2)c1OC. The van der Waals surface area contributed by atoms with Crippen LogP contribution < -0.4 is 20.1 Å². The van der Waals surface area contributed by atoms with E-state index in [1.807, 2.05) is 30.3 Å². The highest BCUT2D eigenvalue weighted by Crippen LogP contribution is 2.30. The number of aryl methyl sites for hydroxylation is 1. The molecular formula is C18H22N2O2S. The Balaban J connectivity index is 1.88. The average Bonchev–Trinajstić information content (AvgIpc) is 2.54. The first-order valence-corrected chi connectivity index (χ1v) is 7.86. The molecule has 0 saturated carbocycles. The van der Waals surface area contributed by atoms with Crippen molar-refractivity contribution in [3.63, 3.8) is 0 Å². The average molecular weight is 330 g/mol. The Bertz CT molecular complexity index is 674. The normalized spacial score (nSPS) is 10.0. The fourth-order valence-electron chi connectivity index (χ4n) is 2.36. The molecule has 0 radical (unpaired) electrons. The summed E-state index contributed by atoms with van der Waals surface area (Å²) in [5.74, 6) is 1.51. The first-order valence-electron chi connectivity index (χ1n) is 7.45. The minimum atomic E-state index is 0.609. The van der Waals surface area contributed by atoms with Crippen molar-refractivity contribution in [1.82, 2.24) is 5.32 Å². The molecular weight excluding hydrogens is 308 g/mol. The highest BCUT2D eigenvalue weighted by atomic mass is 32.1. The molecule has 0 bridgehead atoms. The number of ether oxygens (including phenoxy) is 2. The Morgan fingerprint density at radius 1 is 1.09 bits per heavy atom. The molecule has 0 aromatic heterocycles. The molecule has 0 heterocycles. The molecule has 0 aliphatic rings. The zero-order chi connectivity index (χ0) is 16.7. The topological polar surface area (TPSA) is 42.5 Å². The molecule has 0 saturated heterocycles. The molecule has 4 nitrogen and oxygen atoms in total. The van der Waals surface area contributed by atoms with Crippen molar-refractivity contribution in [2.75, 3.05) is 26.1 Å². The van der Waals surface area contributed by atoms with Crippen LogP contribution in [0.5, 0.6) is 11.5 Å². The van der Waals surface area contributed by atoms with Crippen LogP contribution in [0.25, 0.3) is 0 Å². The Hall–Kier alpha value is -2.27. The fraction of sp³-hybridized carbons (Fsp3) is 0.278. The van der Waals surface area contributed by atoms with Gasteiger partial charge in [-0.1, -0.05) is 24.3 Å². The third kappa shape index (κ3) is 4.86. The number of benzene rings is 2. The number of hydrogen-bond donors (Lipinski definition) is 2. The second kappa shape index (κ2) is 8.39. The van der Waals surface area contributed by atoms with Gasteiger partial charge >= 0.3 is 0 Å². The number of thiocarbonyl (C=S) groups is 1. The van der Waals surface area contributed by atoms with Crippen LogP contribution >= 0.6 is 12.2 Å². The molecule has 122 valence electrons. The lowest BCUT2D eigenvalue weighted by molar-refractivity contribution is 0.351. The molecule has 5 heteroatoms. The van der Waals surface area contributed by atoms with E-state index in [0.29, 0.717) is 11.7 Å². The summed E-state index contributed by atoms with van der Waals surface area (Å²) in [6.07, 6.45) is 0.788. The van der Waals surface area contributed by atoms with Crippen LogP contribution in [0.3, 0.4) is 0 Å². The van der Waals surface area contributed by atoms with Gasteiger partial charge in [-0.05, 0) is 54.9 Å². The van der Waals surface area contributed by atoms with Gasteiger partial charge in [0.25, 0.3) is 0 Å². The quantitative estimate of drug-likeness (QED) is 0.793. The molecule has 0 unspecified atom stereocenters. The first kappa shape index (κ1) is 17.1. The predicted molar refractivity (Wildman–Crippen MR) is 98.7 cm³/mol. The fourth-order valence-corrected chi connectivity index (χ4v) is 2.58. The van der Waals surface area contributed by atoms with Crippen molar-refractivity contribution in [1.29, 1.82) is 0 Å². The summed E-state index contributed by atoms with van der Waals surface area (Å²) in [5, 5.41) is 7.01. The third-order valence-electron chi connectivity index (χ3n) is 3.44. The minimum absolute atomic E-state index is 0.609. The highest BCUT2D eigenvalue weighted by Gasteiger charge is 2.09. The summed E-state index contributed by atoms with van der Waals surface area (Å²) in [6.45, 7) is 2.76. The van der Waals surface area contributed by atoms with Gasteiger partial charge in [-0.2, -0.15) is 0 Å². The molecule has 0 aliphatic carbocycles. The monoisotopic (exact) mass is 330 g/mol. The number of methoxy groups -OCH3 is 2. The Kier molecular flexibility index (Phi) is 6.23. The lowest BCUT2D eigenvalue weighted by Crippen LogP contribution is -2.30. The maximum absolute atomic E-state index is 5.43. The largest absolute Gasteiger partial charge is 0.493 e. The summed E-state index contributed by atoms with van der Waals surface area (Å²) in [5.41, 5.74) is 3.26. The van der Waals surface area contributed by atoms with E-state index in [1.54, 1.807) is 14.2 Å². The van der Waals surface area contributed by atoms with E-state index in [1.165, 1.54) is 5.56 Å². The number of para-hydroxylation sites is 1. The lowest BCUT2D eigenvalue weighted by Gasteiger charge is -2.14. The number of nitrogens with one attached hydrogen (secondary N) is 2. The molecule has 0 spiro atoms. The van der Waals surface area contributed by atoms with Gasteiger partial charge in [0.05, 0.1) is 14.2 Å². The van der Waals surface area contributed by atoms with Gasteiger partial charge in [0.15, 0.2) is 16.6 Å². The zero-order valence-corrected chi connectivity index (χ0v) is 14.5. The van der Waals surface area contributed by atoms with Crippen molar-refractivity contribution in [3.8, 4) is 11.5 Å². The van der Waals surface area contributed by atoms with Crippen LogP contribution in [-0.4, -0.2) is 25.9 Å². The number of hydrogen-bond acceptors (Lipinski definition) is 3. The Morgan fingerprint density at radius 2 is 1.87 bits per heavy atom. The van der Waals surface area contributed by atoms with Gasteiger partial charge in [-0.3, -0.25) is 0 Å². The van der Waals surface area contributed by atoms with E-state index in [4.69, 9.17) is 21.7 Å².